The lowest BCUT2D eigenvalue weighted by atomic mass is 9.93. The molecule has 0 spiro atoms. The fourth-order valence-electron chi connectivity index (χ4n) is 2.34. The average Bonchev–Trinajstić information content (AvgIpc) is 2.86. The smallest absolute Gasteiger partial charge is 0.410 e. The first-order chi connectivity index (χ1) is 10.4. The van der Waals surface area contributed by atoms with Gasteiger partial charge in [0.2, 0.25) is 0 Å². The lowest BCUT2D eigenvalue weighted by Gasteiger charge is -2.39. The van der Waals surface area contributed by atoms with E-state index in [4.69, 9.17) is 14.5 Å². The first-order valence-electron chi connectivity index (χ1n) is 7.99. The topological polar surface area (TPSA) is 51.7 Å². The molecular formula is C17H28N2O3S. The van der Waals surface area contributed by atoms with Crippen LogP contribution in [0.5, 0.6) is 0 Å². The number of aromatic nitrogens is 1. The minimum absolute atomic E-state index is 0.00459. The van der Waals surface area contributed by atoms with Crippen molar-refractivity contribution in [3.63, 3.8) is 0 Å². The number of morpholine rings is 1. The molecule has 1 aromatic rings. The van der Waals surface area contributed by atoms with Crippen molar-refractivity contribution in [2.75, 3.05) is 19.7 Å². The fraction of sp³-hybridized carbons (Fsp3) is 0.765. The van der Waals surface area contributed by atoms with E-state index in [1.54, 1.807) is 16.2 Å². The Kier molecular flexibility index (Phi) is 4.79. The fourth-order valence-corrected chi connectivity index (χ4v) is 3.50. The average molecular weight is 340 g/mol. The van der Waals surface area contributed by atoms with E-state index in [-0.39, 0.29) is 11.5 Å². The molecule has 1 aliphatic heterocycles. The summed E-state index contributed by atoms with van der Waals surface area (Å²) in [6, 6.07) is 0. The quantitative estimate of drug-likeness (QED) is 0.777. The zero-order valence-electron chi connectivity index (χ0n) is 15.2. The largest absolute Gasteiger partial charge is 0.444 e. The van der Waals surface area contributed by atoms with Crippen molar-refractivity contribution in [3.05, 3.63) is 16.1 Å². The Balaban J connectivity index is 2.15. The van der Waals surface area contributed by atoms with Crippen LogP contribution < -0.4 is 0 Å². The maximum Gasteiger partial charge on any atom is 0.410 e. The zero-order valence-corrected chi connectivity index (χ0v) is 16.0. The van der Waals surface area contributed by atoms with Crippen molar-refractivity contribution < 1.29 is 14.3 Å². The second-order valence-electron chi connectivity index (χ2n) is 8.27. The highest BCUT2D eigenvalue weighted by Crippen LogP contribution is 2.34. The molecule has 1 atom stereocenters. The SMILES string of the molecule is CC(C)(C)OC(=O)N1CCOC(C)(c2nc(C(C)(C)C)cs2)C1. The van der Waals surface area contributed by atoms with E-state index < -0.39 is 11.2 Å². The number of hydrogen-bond acceptors (Lipinski definition) is 5. The molecule has 1 aromatic heterocycles. The molecule has 1 aliphatic rings. The molecule has 0 aliphatic carbocycles. The number of rotatable bonds is 1. The van der Waals surface area contributed by atoms with Gasteiger partial charge in [0, 0.05) is 17.3 Å². The van der Waals surface area contributed by atoms with E-state index >= 15 is 0 Å². The minimum Gasteiger partial charge on any atom is -0.444 e. The number of hydrogen-bond donors (Lipinski definition) is 0. The highest BCUT2D eigenvalue weighted by atomic mass is 32.1. The summed E-state index contributed by atoms with van der Waals surface area (Å²) in [5.74, 6) is 0. The van der Waals surface area contributed by atoms with Gasteiger partial charge in [0.15, 0.2) is 0 Å². The molecule has 1 fully saturated rings. The van der Waals surface area contributed by atoms with Crippen molar-refractivity contribution in [2.24, 2.45) is 0 Å². The van der Waals surface area contributed by atoms with Crippen LogP contribution in [0.2, 0.25) is 0 Å². The molecule has 2 rings (SSSR count). The predicted molar refractivity (Wildman–Crippen MR) is 91.9 cm³/mol. The van der Waals surface area contributed by atoms with E-state index in [9.17, 15) is 4.79 Å². The summed E-state index contributed by atoms with van der Waals surface area (Å²) in [5, 5.41) is 2.99. The molecule has 1 amide bonds. The van der Waals surface area contributed by atoms with Crippen molar-refractivity contribution in [1.29, 1.82) is 0 Å². The third kappa shape index (κ3) is 4.44. The van der Waals surface area contributed by atoms with Gasteiger partial charge in [-0.05, 0) is 27.7 Å². The van der Waals surface area contributed by atoms with Crippen molar-refractivity contribution in [1.82, 2.24) is 9.88 Å². The molecule has 0 N–H and O–H groups in total. The van der Waals surface area contributed by atoms with Crippen LogP contribution in [0.1, 0.15) is 59.2 Å². The van der Waals surface area contributed by atoms with E-state index in [1.807, 2.05) is 27.7 Å². The highest BCUT2D eigenvalue weighted by Gasteiger charge is 2.40. The standard InChI is InChI=1S/C17H28N2O3S/c1-15(2,3)12-10-23-13(18-12)17(7)11-19(8-9-21-17)14(20)22-16(4,5)6/h10H,8-9,11H2,1-7H3. The van der Waals surface area contributed by atoms with Crippen molar-refractivity contribution >= 4 is 17.4 Å². The molecule has 23 heavy (non-hydrogen) atoms. The number of nitrogens with zero attached hydrogens (tertiary/aromatic N) is 2. The third-order valence-corrected chi connectivity index (χ3v) is 4.74. The summed E-state index contributed by atoms with van der Waals surface area (Å²) in [4.78, 5) is 18.8. The lowest BCUT2D eigenvalue weighted by Crippen LogP contribution is -2.51. The van der Waals surface area contributed by atoms with Crippen LogP contribution in [0.4, 0.5) is 4.79 Å². The Bertz CT molecular complexity index is 571. The van der Waals surface area contributed by atoms with E-state index in [0.717, 1.165) is 10.7 Å². The Hall–Kier alpha value is -1.14. The number of carbonyl (C=O) groups is 1. The second kappa shape index (κ2) is 6.06. The Labute approximate surface area is 143 Å². The maximum absolute atomic E-state index is 12.3. The molecule has 6 heteroatoms. The van der Waals surface area contributed by atoms with Crippen molar-refractivity contribution in [3.8, 4) is 0 Å². The summed E-state index contributed by atoms with van der Waals surface area (Å²) in [6.07, 6.45) is -0.292. The van der Waals surface area contributed by atoms with Crippen LogP contribution in [-0.2, 0) is 20.5 Å². The van der Waals surface area contributed by atoms with E-state index in [0.29, 0.717) is 19.7 Å². The first-order valence-corrected chi connectivity index (χ1v) is 8.87. The number of amides is 1. The van der Waals surface area contributed by atoms with Gasteiger partial charge in [-0.3, -0.25) is 0 Å². The second-order valence-corrected chi connectivity index (χ2v) is 9.13. The first kappa shape index (κ1) is 18.2. The van der Waals surface area contributed by atoms with Crippen LogP contribution in [-0.4, -0.2) is 41.3 Å². The van der Waals surface area contributed by atoms with Gasteiger partial charge < -0.3 is 14.4 Å². The Morgan fingerprint density at radius 1 is 1.35 bits per heavy atom. The summed E-state index contributed by atoms with van der Waals surface area (Å²) < 4.78 is 11.5. The molecule has 130 valence electrons. The normalized spacial score (nSPS) is 23.0. The van der Waals surface area contributed by atoms with Crippen LogP contribution in [0, 0.1) is 0 Å². The van der Waals surface area contributed by atoms with E-state index in [1.165, 1.54) is 0 Å². The van der Waals surface area contributed by atoms with Gasteiger partial charge in [0.05, 0.1) is 18.8 Å². The molecule has 1 unspecified atom stereocenters. The number of thiazole rings is 1. The maximum atomic E-state index is 12.3. The summed E-state index contributed by atoms with van der Waals surface area (Å²) in [7, 11) is 0. The van der Waals surface area contributed by atoms with Crippen LogP contribution in [0.25, 0.3) is 0 Å². The zero-order chi connectivity index (χ0) is 17.5. The van der Waals surface area contributed by atoms with Crippen LogP contribution in [0.15, 0.2) is 5.38 Å². The number of ether oxygens (including phenoxy) is 2. The van der Waals surface area contributed by atoms with Gasteiger partial charge in [-0.2, -0.15) is 0 Å². The van der Waals surface area contributed by atoms with Crippen molar-refractivity contribution in [2.45, 2.75) is 65.1 Å². The number of carbonyl (C=O) groups excluding carboxylic acids is 1. The van der Waals surface area contributed by atoms with E-state index in [2.05, 4.69) is 26.2 Å². The van der Waals surface area contributed by atoms with Crippen LogP contribution >= 0.6 is 11.3 Å². The Morgan fingerprint density at radius 2 is 2.00 bits per heavy atom. The summed E-state index contributed by atoms with van der Waals surface area (Å²) in [5.41, 5.74) is -0.0166. The predicted octanol–water partition coefficient (Wildman–Crippen LogP) is 3.92. The molecule has 2 heterocycles. The Morgan fingerprint density at radius 3 is 2.52 bits per heavy atom. The molecule has 0 bridgehead atoms. The van der Waals surface area contributed by atoms with Crippen LogP contribution in [0.3, 0.4) is 0 Å². The van der Waals surface area contributed by atoms with Gasteiger partial charge in [0.25, 0.3) is 0 Å². The van der Waals surface area contributed by atoms with Gasteiger partial charge in [-0.15, -0.1) is 11.3 Å². The summed E-state index contributed by atoms with van der Waals surface area (Å²) in [6.45, 7) is 15.5. The summed E-state index contributed by atoms with van der Waals surface area (Å²) >= 11 is 1.59. The molecule has 0 radical (unpaired) electrons. The molecule has 0 saturated carbocycles. The molecule has 1 saturated heterocycles. The lowest BCUT2D eigenvalue weighted by molar-refractivity contribution is -0.103. The highest BCUT2D eigenvalue weighted by molar-refractivity contribution is 7.09. The molecule has 5 nitrogen and oxygen atoms in total. The van der Waals surface area contributed by atoms with Gasteiger partial charge in [-0.25, -0.2) is 9.78 Å². The van der Waals surface area contributed by atoms with Gasteiger partial charge >= 0.3 is 6.09 Å². The minimum atomic E-state index is -0.580. The monoisotopic (exact) mass is 340 g/mol. The molecular weight excluding hydrogens is 312 g/mol. The van der Waals surface area contributed by atoms with Gasteiger partial charge in [0.1, 0.15) is 16.2 Å². The van der Waals surface area contributed by atoms with Gasteiger partial charge in [-0.1, -0.05) is 20.8 Å². The molecule has 0 aromatic carbocycles. The third-order valence-electron chi connectivity index (χ3n) is 3.65.